The molecule has 2 aliphatic rings. The highest BCUT2D eigenvalue weighted by atomic mass is 35.5. The minimum atomic E-state index is -2.26. The molecule has 15 heteroatoms. The van der Waals surface area contributed by atoms with Gasteiger partial charge in [0, 0.05) is 64.3 Å². The molecule has 0 amide bonds. The van der Waals surface area contributed by atoms with E-state index in [1.54, 1.807) is 0 Å². The summed E-state index contributed by atoms with van der Waals surface area (Å²) in [6.45, 7) is 0.920. The van der Waals surface area contributed by atoms with Crippen molar-refractivity contribution in [3.8, 4) is 0 Å². The molecule has 55 heavy (non-hydrogen) atoms. The Morgan fingerprint density at radius 1 is 0.600 bits per heavy atom. The molecule has 2 heterocycles. The molecule has 0 atom stereocenters. The number of carboxylic acids is 2. The van der Waals surface area contributed by atoms with Crippen molar-refractivity contribution in [2.75, 3.05) is 26.4 Å². The molecule has 0 saturated carbocycles. The average molecular weight is 800 g/mol. The fourth-order valence-corrected chi connectivity index (χ4v) is 6.40. The Balaban J connectivity index is 0.000000211. The summed E-state index contributed by atoms with van der Waals surface area (Å²) in [5.41, 5.74) is -5.15. The summed E-state index contributed by atoms with van der Waals surface area (Å²) in [5.74, 6) is -8.72. The number of carbonyl (C=O) groups excluding carboxylic acids is 4. The van der Waals surface area contributed by atoms with Crippen molar-refractivity contribution in [2.45, 2.75) is 31.4 Å². The SMILES string of the molecule is O=C(O)c1cc(C(=O)C2(F)CCOCC2)cc(F)c1C(=O)c1ccc(Cl)cc1.O=C(O)c1cc(C(=O)C2CCOCC2)cc(F)c1C(=O)c1ccc(Cl)cc1. The number of Topliss-reactive ketones (excluding diaryl/α,β-unsaturated/α-hetero) is 2. The lowest BCUT2D eigenvalue weighted by molar-refractivity contribution is -0.000431. The fourth-order valence-electron chi connectivity index (χ4n) is 6.15. The van der Waals surface area contributed by atoms with Crippen molar-refractivity contribution in [1.82, 2.24) is 0 Å². The second kappa shape index (κ2) is 17.5. The second-order valence-electron chi connectivity index (χ2n) is 12.7. The van der Waals surface area contributed by atoms with E-state index in [-0.39, 0.29) is 54.4 Å². The van der Waals surface area contributed by atoms with Crippen LogP contribution in [0.25, 0.3) is 0 Å². The summed E-state index contributed by atoms with van der Waals surface area (Å²) in [6.07, 6.45) is 0.575. The molecule has 0 spiro atoms. The number of ketones is 4. The summed E-state index contributed by atoms with van der Waals surface area (Å²) >= 11 is 11.5. The van der Waals surface area contributed by atoms with E-state index in [0.717, 1.165) is 18.2 Å². The van der Waals surface area contributed by atoms with Gasteiger partial charge in [-0.15, -0.1) is 0 Å². The van der Waals surface area contributed by atoms with Crippen molar-refractivity contribution in [1.29, 1.82) is 0 Å². The minimum absolute atomic E-state index is 0.0243. The van der Waals surface area contributed by atoms with Crippen molar-refractivity contribution in [3.63, 3.8) is 0 Å². The normalized spacial score (nSPS) is 15.3. The predicted octanol–water partition coefficient (Wildman–Crippen LogP) is 8.13. The number of hydrogen-bond acceptors (Lipinski definition) is 8. The number of aromatic carboxylic acids is 2. The van der Waals surface area contributed by atoms with Crippen LogP contribution in [0.4, 0.5) is 13.2 Å². The van der Waals surface area contributed by atoms with Gasteiger partial charge in [0.1, 0.15) is 11.6 Å². The zero-order valence-electron chi connectivity index (χ0n) is 28.7. The van der Waals surface area contributed by atoms with Crippen LogP contribution in [0.15, 0.2) is 72.8 Å². The highest BCUT2D eigenvalue weighted by molar-refractivity contribution is 6.31. The smallest absolute Gasteiger partial charge is 0.336 e. The molecule has 0 bridgehead atoms. The molecule has 2 saturated heterocycles. The van der Waals surface area contributed by atoms with Gasteiger partial charge >= 0.3 is 11.9 Å². The first kappa shape index (κ1) is 41.0. The molecule has 286 valence electrons. The maximum atomic E-state index is 14.9. The molecule has 0 aromatic heterocycles. The van der Waals surface area contributed by atoms with Gasteiger partial charge < -0.3 is 19.7 Å². The first-order valence-corrected chi connectivity index (χ1v) is 17.5. The number of ether oxygens (including phenoxy) is 2. The van der Waals surface area contributed by atoms with E-state index in [4.69, 9.17) is 32.7 Å². The van der Waals surface area contributed by atoms with E-state index in [1.165, 1.54) is 48.5 Å². The second-order valence-corrected chi connectivity index (χ2v) is 13.6. The number of alkyl halides is 1. The largest absolute Gasteiger partial charge is 0.478 e. The number of carboxylic acid groups (broad SMARTS) is 2. The molecular weight excluding hydrogens is 768 g/mol. The van der Waals surface area contributed by atoms with E-state index in [1.807, 2.05) is 0 Å². The monoisotopic (exact) mass is 798 g/mol. The van der Waals surface area contributed by atoms with Crippen molar-refractivity contribution >= 4 is 58.3 Å². The Morgan fingerprint density at radius 2 is 1.00 bits per heavy atom. The lowest BCUT2D eigenvalue weighted by Gasteiger charge is -2.28. The van der Waals surface area contributed by atoms with Crippen LogP contribution in [0.1, 0.15) is 99.0 Å². The topological polar surface area (TPSA) is 161 Å². The van der Waals surface area contributed by atoms with Gasteiger partial charge in [-0.25, -0.2) is 22.8 Å². The third-order valence-corrected chi connectivity index (χ3v) is 9.64. The number of halogens is 5. The fraction of sp³-hybridized carbons (Fsp3) is 0.250. The quantitative estimate of drug-likeness (QED) is 0.150. The van der Waals surface area contributed by atoms with E-state index in [0.29, 0.717) is 42.2 Å². The van der Waals surface area contributed by atoms with Gasteiger partial charge in [0.15, 0.2) is 28.8 Å². The van der Waals surface area contributed by atoms with Crippen molar-refractivity contribution in [3.05, 3.63) is 139 Å². The van der Waals surface area contributed by atoms with E-state index in [9.17, 15) is 52.2 Å². The number of carbonyl (C=O) groups is 6. The summed E-state index contributed by atoms with van der Waals surface area (Å²) in [6, 6.07) is 14.7. The van der Waals surface area contributed by atoms with Crippen LogP contribution in [0.2, 0.25) is 10.0 Å². The molecule has 6 rings (SSSR count). The summed E-state index contributed by atoms with van der Waals surface area (Å²) in [4.78, 5) is 73.7. The highest BCUT2D eigenvalue weighted by Gasteiger charge is 2.41. The number of benzene rings is 4. The first-order valence-electron chi connectivity index (χ1n) is 16.8. The van der Waals surface area contributed by atoms with Gasteiger partial charge in [-0.2, -0.15) is 0 Å². The maximum Gasteiger partial charge on any atom is 0.336 e. The van der Waals surface area contributed by atoms with Gasteiger partial charge in [0.2, 0.25) is 0 Å². The molecule has 2 N–H and O–H groups in total. The molecule has 10 nitrogen and oxygen atoms in total. The Kier molecular flexibility index (Phi) is 13.0. The third-order valence-electron chi connectivity index (χ3n) is 9.14. The van der Waals surface area contributed by atoms with Crippen LogP contribution >= 0.6 is 23.2 Å². The Bertz CT molecular complexity index is 2160. The van der Waals surface area contributed by atoms with Crippen LogP contribution in [0, 0.1) is 17.6 Å². The van der Waals surface area contributed by atoms with Gasteiger partial charge in [0.05, 0.1) is 35.5 Å². The van der Waals surface area contributed by atoms with Crippen LogP contribution < -0.4 is 0 Å². The van der Waals surface area contributed by atoms with Gasteiger partial charge in [-0.05, 0) is 85.6 Å². The Hall–Kier alpha value is -5.21. The van der Waals surface area contributed by atoms with Gasteiger partial charge in [-0.1, -0.05) is 23.2 Å². The van der Waals surface area contributed by atoms with E-state index in [2.05, 4.69) is 0 Å². The number of rotatable bonds is 10. The van der Waals surface area contributed by atoms with Crippen molar-refractivity contribution < 1.29 is 61.6 Å². The molecule has 4 aromatic carbocycles. The lowest BCUT2D eigenvalue weighted by Crippen LogP contribution is -2.40. The molecular formula is C40H31Cl2F3O10. The molecule has 2 aliphatic heterocycles. The van der Waals surface area contributed by atoms with Crippen LogP contribution in [-0.4, -0.2) is 77.4 Å². The lowest BCUT2D eigenvalue weighted by atomic mass is 9.86. The molecule has 0 unspecified atom stereocenters. The average Bonchev–Trinajstić information content (AvgIpc) is 3.17. The molecule has 0 aliphatic carbocycles. The molecule has 4 aromatic rings. The molecule has 2 fully saturated rings. The molecule has 0 radical (unpaired) electrons. The van der Waals surface area contributed by atoms with Crippen LogP contribution in [0.5, 0.6) is 0 Å². The zero-order valence-corrected chi connectivity index (χ0v) is 30.2. The minimum Gasteiger partial charge on any atom is -0.478 e. The number of hydrogen-bond donors (Lipinski definition) is 2. The highest BCUT2D eigenvalue weighted by Crippen LogP contribution is 2.32. The van der Waals surface area contributed by atoms with Gasteiger partial charge in [0.25, 0.3) is 0 Å². The van der Waals surface area contributed by atoms with E-state index >= 15 is 0 Å². The Morgan fingerprint density at radius 3 is 1.44 bits per heavy atom. The summed E-state index contributed by atoms with van der Waals surface area (Å²) < 4.78 is 54.6. The van der Waals surface area contributed by atoms with Crippen LogP contribution in [0.3, 0.4) is 0 Å². The predicted molar refractivity (Wildman–Crippen MR) is 193 cm³/mol. The first-order chi connectivity index (χ1) is 26.1. The third kappa shape index (κ3) is 9.37. The standard InChI is InChI=1S/C20H15ClF2O5.C20H16ClFO5/c21-13-3-1-11(2-4-13)17(24)16-14(19(26)27)9-12(10-15(16)22)18(25)20(23)5-7-28-8-6-20;21-14-3-1-11(2-4-14)19(24)17-15(20(25)26)9-13(10-16(17)22)18(23)12-5-7-27-8-6-12/h1-4,9-10H,5-8H2,(H,26,27);1-4,9-10,12H,5-8H2,(H,25,26). The van der Waals surface area contributed by atoms with E-state index < -0.39 is 74.4 Å². The van der Waals surface area contributed by atoms with Crippen LogP contribution in [-0.2, 0) is 9.47 Å². The zero-order chi connectivity index (χ0) is 40.0. The van der Waals surface area contributed by atoms with Gasteiger partial charge in [-0.3, -0.25) is 19.2 Å². The Labute approximate surface area is 321 Å². The summed E-state index contributed by atoms with van der Waals surface area (Å²) in [7, 11) is 0. The van der Waals surface area contributed by atoms with Crippen molar-refractivity contribution in [2.24, 2.45) is 5.92 Å². The summed E-state index contributed by atoms with van der Waals surface area (Å²) in [5, 5.41) is 19.7. The maximum absolute atomic E-state index is 14.9.